The van der Waals surface area contributed by atoms with Gasteiger partial charge in [0.15, 0.2) is 5.78 Å². The first-order chi connectivity index (χ1) is 9.81. The van der Waals surface area contributed by atoms with Crippen molar-refractivity contribution in [2.45, 2.75) is 32.7 Å². The molecule has 1 aliphatic heterocycles. The number of nitrogens with zero attached hydrogens (tertiary/aromatic N) is 2. The molecule has 0 bridgehead atoms. The quantitative estimate of drug-likeness (QED) is 0.857. The maximum atomic E-state index is 12.6. The van der Waals surface area contributed by atoms with Gasteiger partial charge in [-0.05, 0) is 31.7 Å². The molecule has 1 fully saturated rings. The Labute approximate surface area is 123 Å². The van der Waals surface area contributed by atoms with E-state index < -0.39 is 12.0 Å². The van der Waals surface area contributed by atoms with Crippen LogP contribution >= 0.6 is 0 Å². The lowest BCUT2D eigenvalue weighted by molar-refractivity contribution is -0.144. The van der Waals surface area contributed by atoms with Gasteiger partial charge in [-0.2, -0.15) is 0 Å². The van der Waals surface area contributed by atoms with Gasteiger partial charge in [-0.15, -0.1) is 0 Å². The van der Waals surface area contributed by atoms with Gasteiger partial charge in [-0.1, -0.05) is 6.92 Å². The molecule has 2 unspecified atom stereocenters. The number of Topliss-reactive ketones (excluding diaryl/α,β-unsaturated/α-hetero) is 1. The molecule has 6 heteroatoms. The fourth-order valence-corrected chi connectivity index (χ4v) is 2.74. The molecule has 1 aliphatic rings. The number of piperidine rings is 1. The molecule has 2 atom stereocenters. The van der Waals surface area contributed by atoms with E-state index in [1.165, 1.54) is 17.9 Å². The standard InChI is InChI=1S/C15H20N2O4/c1-9-4-5-17(13(6-9)15(20)21)14(19)12-7-11(10(2)18)8-16(12)3/h7-9,13H,4-6H2,1-3H3,(H,20,21). The maximum Gasteiger partial charge on any atom is 0.326 e. The van der Waals surface area contributed by atoms with E-state index in [4.69, 9.17) is 0 Å². The summed E-state index contributed by atoms with van der Waals surface area (Å²) in [5, 5.41) is 9.33. The fourth-order valence-electron chi connectivity index (χ4n) is 2.74. The second kappa shape index (κ2) is 5.71. The third-order valence-corrected chi connectivity index (χ3v) is 4.04. The molecular formula is C15H20N2O4. The first kappa shape index (κ1) is 15.3. The predicted molar refractivity (Wildman–Crippen MR) is 76.3 cm³/mol. The Bertz CT molecular complexity index is 590. The number of aromatic nitrogens is 1. The molecular weight excluding hydrogens is 272 g/mol. The molecule has 1 N–H and O–H groups in total. The highest BCUT2D eigenvalue weighted by atomic mass is 16.4. The van der Waals surface area contributed by atoms with E-state index in [9.17, 15) is 19.5 Å². The normalized spacial score (nSPS) is 22.1. The van der Waals surface area contributed by atoms with Crippen LogP contribution in [0.15, 0.2) is 12.3 Å². The number of hydrogen-bond donors (Lipinski definition) is 1. The summed E-state index contributed by atoms with van der Waals surface area (Å²) in [4.78, 5) is 36.8. The summed E-state index contributed by atoms with van der Waals surface area (Å²) < 4.78 is 1.58. The Morgan fingerprint density at radius 2 is 2.00 bits per heavy atom. The average molecular weight is 292 g/mol. The molecule has 1 saturated heterocycles. The summed E-state index contributed by atoms with van der Waals surface area (Å²) >= 11 is 0. The van der Waals surface area contributed by atoms with Crippen molar-refractivity contribution in [3.63, 3.8) is 0 Å². The molecule has 0 aliphatic carbocycles. The SMILES string of the molecule is CC(=O)c1cc(C(=O)N2CCC(C)CC2C(=O)O)n(C)c1. The molecule has 0 saturated carbocycles. The second-order valence-electron chi connectivity index (χ2n) is 5.76. The number of carbonyl (C=O) groups is 3. The number of hydrogen-bond acceptors (Lipinski definition) is 3. The Morgan fingerprint density at radius 3 is 2.52 bits per heavy atom. The van der Waals surface area contributed by atoms with Crippen LogP contribution in [0.5, 0.6) is 0 Å². The van der Waals surface area contributed by atoms with Crippen LogP contribution in [0.3, 0.4) is 0 Å². The molecule has 0 aromatic carbocycles. The van der Waals surface area contributed by atoms with Gasteiger partial charge in [0, 0.05) is 25.4 Å². The van der Waals surface area contributed by atoms with E-state index in [1.807, 2.05) is 6.92 Å². The van der Waals surface area contributed by atoms with Gasteiger partial charge >= 0.3 is 5.97 Å². The lowest BCUT2D eigenvalue weighted by Crippen LogP contribution is -2.50. The van der Waals surface area contributed by atoms with Crippen LogP contribution in [0.1, 0.15) is 47.5 Å². The van der Waals surface area contributed by atoms with E-state index in [1.54, 1.807) is 17.8 Å². The number of aliphatic carboxylic acids is 1. The summed E-state index contributed by atoms with van der Waals surface area (Å²) in [5.74, 6) is -1.14. The lowest BCUT2D eigenvalue weighted by atomic mass is 9.92. The van der Waals surface area contributed by atoms with Crippen molar-refractivity contribution >= 4 is 17.7 Å². The third-order valence-electron chi connectivity index (χ3n) is 4.04. The average Bonchev–Trinajstić information content (AvgIpc) is 2.80. The summed E-state index contributed by atoms with van der Waals surface area (Å²) in [6.45, 7) is 3.86. The van der Waals surface area contributed by atoms with Gasteiger partial charge in [0.1, 0.15) is 11.7 Å². The molecule has 0 radical (unpaired) electrons. The van der Waals surface area contributed by atoms with Crippen LogP contribution in [0.2, 0.25) is 0 Å². The van der Waals surface area contributed by atoms with Crippen LogP contribution in [0.4, 0.5) is 0 Å². The molecule has 114 valence electrons. The lowest BCUT2D eigenvalue weighted by Gasteiger charge is -2.36. The third kappa shape index (κ3) is 2.99. The Morgan fingerprint density at radius 1 is 1.33 bits per heavy atom. The van der Waals surface area contributed by atoms with Crippen molar-refractivity contribution in [2.75, 3.05) is 6.54 Å². The molecule has 6 nitrogen and oxygen atoms in total. The first-order valence-electron chi connectivity index (χ1n) is 7.02. The van der Waals surface area contributed by atoms with Crippen molar-refractivity contribution < 1.29 is 19.5 Å². The van der Waals surface area contributed by atoms with E-state index >= 15 is 0 Å². The highest BCUT2D eigenvalue weighted by molar-refractivity contribution is 6.00. The van der Waals surface area contributed by atoms with Crippen molar-refractivity contribution in [3.05, 3.63) is 23.5 Å². The number of carbonyl (C=O) groups excluding carboxylic acids is 2. The zero-order valence-electron chi connectivity index (χ0n) is 12.5. The van der Waals surface area contributed by atoms with Crippen LogP contribution in [0, 0.1) is 5.92 Å². The van der Waals surface area contributed by atoms with Gasteiger partial charge < -0.3 is 14.6 Å². The minimum Gasteiger partial charge on any atom is -0.480 e. The number of amides is 1. The number of carboxylic acids is 1. The van der Waals surface area contributed by atoms with Gasteiger partial charge in [0.25, 0.3) is 5.91 Å². The second-order valence-corrected chi connectivity index (χ2v) is 5.76. The summed E-state index contributed by atoms with van der Waals surface area (Å²) in [5.41, 5.74) is 0.805. The van der Waals surface area contributed by atoms with Gasteiger partial charge in [0.05, 0.1) is 0 Å². The number of aryl methyl sites for hydroxylation is 1. The van der Waals surface area contributed by atoms with Crippen molar-refractivity contribution in [1.82, 2.24) is 9.47 Å². The molecule has 1 amide bonds. The van der Waals surface area contributed by atoms with E-state index in [0.717, 1.165) is 6.42 Å². The number of rotatable bonds is 3. The van der Waals surface area contributed by atoms with E-state index in [2.05, 4.69) is 0 Å². The van der Waals surface area contributed by atoms with Crippen molar-refractivity contribution in [3.8, 4) is 0 Å². The maximum absolute atomic E-state index is 12.6. The highest BCUT2D eigenvalue weighted by Gasteiger charge is 2.36. The largest absolute Gasteiger partial charge is 0.480 e. The van der Waals surface area contributed by atoms with Crippen LogP contribution in [-0.2, 0) is 11.8 Å². The van der Waals surface area contributed by atoms with Crippen LogP contribution in [0.25, 0.3) is 0 Å². The Balaban J connectivity index is 2.29. The summed E-state index contributed by atoms with van der Waals surface area (Å²) in [6.07, 6.45) is 2.85. The predicted octanol–water partition coefficient (Wildman–Crippen LogP) is 1.55. The van der Waals surface area contributed by atoms with E-state index in [-0.39, 0.29) is 17.6 Å². The Kier molecular flexibility index (Phi) is 4.16. The molecule has 0 spiro atoms. The molecule has 21 heavy (non-hydrogen) atoms. The zero-order valence-corrected chi connectivity index (χ0v) is 12.5. The van der Waals surface area contributed by atoms with Crippen molar-refractivity contribution in [2.24, 2.45) is 13.0 Å². The smallest absolute Gasteiger partial charge is 0.326 e. The van der Waals surface area contributed by atoms with Gasteiger partial charge in [-0.25, -0.2) is 4.79 Å². The summed E-state index contributed by atoms with van der Waals surface area (Å²) in [6, 6.07) is 0.735. The van der Waals surface area contributed by atoms with Gasteiger partial charge in [0.2, 0.25) is 0 Å². The number of ketones is 1. The zero-order chi connectivity index (χ0) is 15.7. The monoisotopic (exact) mass is 292 g/mol. The minimum absolute atomic E-state index is 0.119. The first-order valence-corrected chi connectivity index (χ1v) is 7.02. The Hall–Kier alpha value is -2.11. The van der Waals surface area contributed by atoms with Gasteiger partial charge in [-0.3, -0.25) is 9.59 Å². The number of likely N-dealkylation sites (tertiary alicyclic amines) is 1. The molecule has 1 aromatic rings. The highest BCUT2D eigenvalue weighted by Crippen LogP contribution is 2.25. The van der Waals surface area contributed by atoms with Crippen molar-refractivity contribution in [1.29, 1.82) is 0 Å². The fraction of sp³-hybridized carbons (Fsp3) is 0.533. The minimum atomic E-state index is -0.976. The van der Waals surface area contributed by atoms with Crippen LogP contribution < -0.4 is 0 Å². The number of carboxylic acid groups (broad SMARTS) is 1. The van der Waals surface area contributed by atoms with E-state index in [0.29, 0.717) is 24.2 Å². The molecule has 2 rings (SSSR count). The molecule has 1 aromatic heterocycles. The molecule has 2 heterocycles. The summed E-state index contributed by atoms with van der Waals surface area (Å²) in [7, 11) is 1.68. The van der Waals surface area contributed by atoms with Crippen LogP contribution in [-0.4, -0.2) is 44.8 Å². The topological polar surface area (TPSA) is 79.6 Å².